The molecule has 3 saturated heterocycles. The van der Waals surface area contributed by atoms with Gasteiger partial charge in [-0.05, 0) is 34.1 Å². The highest BCUT2D eigenvalue weighted by Gasteiger charge is 2.44. The Bertz CT molecular complexity index is 380. The summed E-state index contributed by atoms with van der Waals surface area (Å²) in [6.07, 6.45) is -0.180. The molecule has 3 heterocycles. The lowest BCUT2D eigenvalue weighted by atomic mass is 10.1. The number of aliphatic hydroxyl groups excluding tert-OH is 3. The number of hydrogen-bond donors (Lipinski definition) is 3. The van der Waals surface area contributed by atoms with Gasteiger partial charge in [0.2, 0.25) is 0 Å². The molecule has 1 unspecified atom stereocenters. The van der Waals surface area contributed by atoms with E-state index in [4.69, 9.17) is 39.0 Å². The minimum atomic E-state index is -0.691. The fourth-order valence-electron chi connectivity index (χ4n) is 3.16. The second-order valence-corrected chi connectivity index (χ2v) is 7.14. The molecule has 3 fully saturated rings. The first-order valence-corrected chi connectivity index (χ1v) is 8.38. The van der Waals surface area contributed by atoms with Crippen LogP contribution in [0.5, 0.6) is 0 Å². The van der Waals surface area contributed by atoms with Crippen LogP contribution >= 0.6 is 0 Å². The summed E-state index contributed by atoms with van der Waals surface area (Å²) in [5, 5.41) is 26.8. The predicted octanol–water partition coefficient (Wildman–Crippen LogP) is 0.126. The lowest BCUT2D eigenvalue weighted by Gasteiger charge is -2.26. The van der Waals surface area contributed by atoms with Gasteiger partial charge in [-0.2, -0.15) is 0 Å². The SMILES string of the molecule is CC1(C)O[C@@H](CCO)[C@@H](CO)O1.CC1(C)O[C@H]2CC(O)OC[C@H]2O1. The highest BCUT2D eigenvalue weighted by molar-refractivity contribution is 4.84. The van der Waals surface area contributed by atoms with E-state index in [1.54, 1.807) is 13.8 Å². The van der Waals surface area contributed by atoms with Gasteiger partial charge in [0.05, 0.1) is 25.4 Å². The summed E-state index contributed by atoms with van der Waals surface area (Å²) in [6, 6.07) is 0. The summed E-state index contributed by atoms with van der Waals surface area (Å²) >= 11 is 0. The van der Waals surface area contributed by atoms with Crippen LogP contribution in [0.4, 0.5) is 0 Å². The summed E-state index contributed by atoms with van der Waals surface area (Å²) in [7, 11) is 0. The van der Waals surface area contributed by atoms with E-state index in [2.05, 4.69) is 0 Å². The second kappa shape index (κ2) is 7.92. The van der Waals surface area contributed by atoms with Crippen molar-refractivity contribution in [1.29, 1.82) is 0 Å². The summed E-state index contributed by atoms with van der Waals surface area (Å²) in [5.41, 5.74) is 0. The molecule has 0 aliphatic carbocycles. The number of fused-ring (bicyclic) bond motifs is 1. The van der Waals surface area contributed by atoms with Crippen LogP contribution in [-0.4, -0.2) is 77.4 Å². The van der Waals surface area contributed by atoms with Crippen LogP contribution in [0.15, 0.2) is 0 Å². The Kier molecular flexibility index (Phi) is 6.60. The van der Waals surface area contributed by atoms with Crippen LogP contribution in [0, 0.1) is 0 Å². The van der Waals surface area contributed by atoms with Gasteiger partial charge >= 0.3 is 0 Å². The standard InChI is InChI=1S/C8H14O4.C8H16O4/c1-8(2)11-5-3-7(9)10-4-6(5)12-8;1-8(2)11-6(3-4-9)7(5-10)12-8/h5-7,9H,3-4H2,1-2H3;6-7,9-10H,3-5H2,1-2H3/t5-,6+,7?;6-,7+/m00/s1. The maximum atomic E-state index is 9.17. The van der Waals surface area contributed by atoms with Crippen molar-refractivity contribution in [2.45, 2.75) is 82.8 Å². The number of rotatable bonds is 3. The summed E-state index contributed by atoms with van der Waals surface area (Å²) in [6.45, 7) is 7.76. The molecule has 0 bridgehead atoms. The molecule has 0 spiro atoms. The third kappa shape index (κ3) is 5.34. The molecular formula is C16H30O8. The van der Waals surface area contributed by atoms with Gasteiger partial charge in [-0.3, -0.25) is 0 Å². The fraction of sp³-hybridized carbons (Fsp3) is 1.00. The number of ether oxygens (including phenoxy) is 5. The minimum absolute atomic E-state index is 0.0104. The van der Waals surface area contributed by atoms with Crippen LogP contribution < -0.4 is 0 Å². The second-order valence-electron chi connectivity index (χ2n) is 7.14. The first-order chi connectivity index (χ1) is 11.2. The highest BCUT2D eigenvalue weighted by atomic mass is 16.8. The van der Waals surface area contributed by atoms with Gasteiger partial charge in [-0.15, -0.1) is 0 Å². The molecular weight excluding hydrogens is 320 g/mol. The molecule has 0 amide bonds. The third-order valence-electron chi connectivity index (χ3n) is 4.05. The van der Waals surface area contributed by atoms with Gasteiger partial charge < -0.3 is 39.0 Å². The Hall–Kier alpha value is -0.320. The molecule has 8 nitrogen and oxygen atoms in total. The van der Waals surface area contributed by atoms with Crippen molar-refractivity contribution in [3.8, 4) is 0 Å². The molecule has 3 N–H and O–H groups in total. The lowest BCUT2D eigenvalue weighted by Crippen LogP contribution is -2.39. The third-order valence-corrected chi connectivity index (χ3v) is 4.05. The molecule has 3 rings (SSSR count). The van der Waals surface area contributed by atoms with Crippen molar-refractivity contribution < 1.29 is 39.0 Å². The summed E-state index contributed by atoms with van der Waals surface area (Å²) in [4.78, 5) is 0. The van der Waals surface area contributed by atoms with Crippen molar-refractivity contribution in [2.24, 2.45) is 0 Å². The van der Waals surface area contributed by atoms with Crippen molar-refractivity contribution in [2.75, 3.05) is 19.8 Å². The maximum absolute atomic E-state index is 9.17. The van der Waals surface area contributed by atoms with Crippen molar-refractivity contribution in [3.63, 3.8) is 0 Å². The molecule has 0 saturated carbocycles. The van der Waals surface area contributed by atoms with E-state index < -0.39 is 17.9 Å². The van der Waals surface area contributed by atoms with Gasteiger partial charge in [-0.1, -0.05) is 0 Å². The average Bonchev–Trinajstić information content (AvgIpc) is 2.93. The Morgan fingerprint density at radius 1 is 0.875 bits per heavy atom. The van der Waals surface area contributed by atoms with E-state index in [9.17, 15) is 0 Å². The zero-order valence-electron chi connectivity index (χ0n) is 14.8. The highest BCUT2D eigenvalue weighted by Crippen LogP contribution is 2.33. The van der Waals surface area contributed by atoms with Crippen LogP contribution in [0.25, 0.3) is 0 Å². The van der Waals surface area contributed by atoms with Crippen molar-refractivity contribution in [3.05, 3.63) is 0 Å². The minimum Gasteiger partial charge on any atom is -0.396 e. The van der Waals surface area contributed by atoms with E-state index in [1.807, 2.05) is 13.8 Å². The Morgan fingerprint density at radius 2 is 1.46 bits per heavy atom. The predicted molar refractivity (Wildman–Crippen MR) is 83.0 cm³/mol. The van der Waals surface area contributed by atoms with E-state index >= 15 is 0 Å². The first-order valence-electron chi connectivity index (χ1n) is 8.38. The van der Waals surface area contributed by atoms with E-state index in [1.165, 1.54) is 0 Å². The number of aliphatic hydroxyl groups is 3. The maximum Gasteiger partial charge on any atom is 0.163 e. The van der Waals surface area contributed by atoms with Gasteiger partial charge in [0.1, 0.15) is 12.2 Å². The van der Waals surface area contributed by atoms with Crippen LogP contribution in [0.2, 0.25) is 0 Å². The molecule has 142 valence electrons. The molecule has 24 heavy (non-hydrogen) atoms. The van der Waals surface area contributed by atoms with E-state index in [-0.39, 0.29) is 37.6 Å². The molecule has 8 heteroatoms. The quantitative estimate of drug-likeness (QED) is 0.659. The van der Waals surface area contributed by atoms with Gasteiger partial charge in [0.25, 0.3) is 0 Å². The van der Waals surface area contributed by atoms with Crippen LogP contribution in [-0.2, 0) is 23.7 Å². The molecule has 0 aromatic rings. The summed E-state index contributed by atoms with van der Waals surface area (Å²) in [5.74, 6) is -1.16. The monoisotopic (exact) mass is 350 g/mol. The van der Waals surface area contributed by atoms with Crippen LogP contribution in [0.3, 0.4) is 0 Å². The Balaban J connectivity index is 0.000000174. The van der Waals surface area contributed by atoms with Crippen molar-refractivity contribution in [1.82, 2.24) is 0 Å². The van der Waals surface area contributed by atoms with Gasteiger partial charge in [0.15, 0.2) is 17.9 Å². The topological polar surface area (TPSA) is 107 Å². The van der Waals surface area contributed by atoms with Gasteiger partial charge in [0, 0.05) is 13.0 Å². The first kappa shape index (κ1) is 20.0. The smallest absolute Gasteiger partial charge is 0.163 e. The zero-order chi connectivity index (χ0) is 18.0. The fourth-order valence-corrected chi connectivity index (χ4v) is 3.16. The molecule has 3 aliphatic heterocycles. The van der Waals surface area contributed by atoms with Crippen LogP contribution in [0.1, 0.15) is 40.5 Å². The average molecular weight is 350 g/mol. The normalized spacial score (nSPS) is 39.9. The molecule has 0 aromatic carbocycles. The Morgan fingerprint density at radius 3 is 2.08 bits per heavy atom. The molecule has 3 aliphatic rings. The number of hydrogen-bond acceptors (Lipinski definition) is 8. The molecule has 5 atom stereocenters. The molecule has 0 aromatic heterocycles. The van der Waals surface area contributed by atoms with Crippen molar-refractivity contribution >= 4 is 0 Å². The lowest BCUT2D eigenvalue weighted by molar-refractivity contribution is -0.167. The zero-order valence-corrected chi connectivity index (χ0v) is 14.8. The van der Waals surface area contributed by atoms with Gasteiger partial charge in [-0.25, -0.2) is 0 Å². The molecule has 0 radical (unpaired) electrons. The largest absolute Gasteiger partial charge is 0.396 e. The van der Waals surface area contributed by atoms with E-state index in [0.717, 1.165) is 0 Å². The summed E-state index contributed by atoms with van der Waals surface area (Å²) < 4.78 is 27.0. The Labute approximate surface area is 142 Å². The van der Waals surface area contributed by atoms with E-state index in [0.29, 0.717) is 19.4 Å².